The third kappa shape index (κ3) is 2.39. The summed E-state index contributed by atoms with van der Waals surface area (Å²) in [4.78, 5) is 29.1. The molecule has 0 atom stereocenters. The van der Waals surface area contributed by atoms with Crippen LogP contribution in [0.3, 0.4) is 0 Å². The molecule has 0 aliphatic heterocycles. The highest BCUT2D eigenvalue weighted by molar-refractivity contribution is 5.93. The Morgan fingerprint density at radius 2 is 1.88 bits per heavy atom. The molecule has 0 aliphatic rings. The number of carboxylic acids is 1. The number of pyridine rings is 1. The molecule has 4 rings (SSSR count). The van der Waals surface area contributed by atoms with Gasteiger partial charge in [-0.3, -0.25) is 9.20 Å². The second-order valence-electron chi connectivity index (χ2n) is 5.92. The van der Waals surface area contributed by atoms with E-state index in [4.69, 9.17) is 0 Å². The van der Waals surface area contributed by atoms with Crippen LogP contribution >= 0.6 is 0 Å². The number of fused-ring (bicyclic) bond motifs is 2. The molecule has 0 saturated heterocycles. The van der Waals surface area contributed by atoms with Gasteiger partial charge in [0, 0.05) is 12.2 Å². The molecule has 3 heterocycles. The van der Waals surface area contributed by atoms with Crippen molar-refractivity contribution in [2.75, 3.05) is 0 Å². The monoisotopic (exact) mass is 333 g/mol. The highest BCUT2D eigenvalue weighted by Gasteiger charge is 2.19. The topological polar surface area (TPSA) is 76.6 Å². The zero-order valence-electron chi connectivity index (χ0n) is 13.5. The molecule has 0 aliphatic carbocycles. The molecular weight excluding hydrogens is 318 g/mol. The van der Waals surface area contributed by atoms with Gasteiger partial charge in [0.25, 0.3) is 5.56 Å². The SMILES string of the molecule is Cc1cccc2nc3c(cc(C(=O)O)n3Cc3ccccc3)c(=O)n12. The van der Waals surface area contributed by atoms with Crippen molar-refractivity contribution in [2.24, 2.45) is 0 Å². The first-order valence-electron chi connectivity index (χ1n) is 7.85. The number of aryl methyl sites for hydroxylation is 1. The first-order chi connectivity index (χ1) is 12.1. The number of rotatable bonds is 3. The highest BCUT2D eigenvalue weighted by atomic mass is 16.4. The molecule has 0 saturated carbocycles. The Morgan fingerprint density at radius 3 is 2.60 bits per heavy atom. The fourth-order valence-corrected chi connectivity index (χ4v) is 3.10. The fraction of sp³-hybridized carbons (Fsp3) is 0.105. The van der Waals surface area contributed by atoms with Crippen LogP contribution in [0, 0.1) is 6.92 Å². The normalized spacial score (nSPS) is 11.2. The minimum atomic E-state index is -1.08. The summed E-state index contributed by atoms with van der Waals surface area (Å²) in [6.07, 6.45) is 0. The second kappa shape index (κ2) is 5.59. The molecule has 25 heavy (non-hydrogen) atoms. The van der Waals surface area contributed by atoms with Gasteiger partial charge in [0.15, 0.2) is 0 Å². The molecule has 0 unspecified atom stereocenters. The lowest BCUT2D eigenvalue weighted by atomic mass is 10.2. The number of hydrogen-bond acceptors (Lipinski definition) is 3. The Labute approximate surface area is 142 Å². The molecule has 6 nitrogen and oxygen atoms in total. The van der Waals surface area contributed by atoms with E-state index in [9.17, 15) is 14.7 Å². The molecule has 0 radical (unpaired) electrons. The first kappa shape index (κ1) is 15.1. The van der Waals surface area contributed by atoms with E-state index in [1.54, 1.807) is 10.6 Å². The largest absolute Gasteiger partial charge is 0.477 e. The molecule has 1 aromatic carbocycles. The summed E-state index contributed by atoms with van der Waals surface area (Å²) in [6, 6.07) is 16.3. The Bertz CT molecular complexity index is 1170. The van der Waals surface area contributed by atoms with Crippen LogP contribution in [0.15, 0.2) is 59.4 Å². The van der Waals surface area contributed by atoms with Crippen molar-refractivity contribution >= 4 is 22.6 Å². The zero-order valence-corrected chi connectivity index (χ0v) is 13.5. The van der Waals surface area contributed by atoms with E-state index in [0.717, 1.165) is 11.3 Å². The molecular formula is C19H15N3O3. The molecule has 1 N–H and O–H groups in total. The number of carboxylic acid groups (broad SMARTS) is 1. The molecule has 0 spiro atoms. The van der Waals surface area contributed by atoms with Crippen LogP contribution < -0.4 is 5.56 Å². The maximum Gasteiger partial charge on any atom is 0.352 e. The standard InChI is InChI=1S/C19H15N3O3/c1-12-6-5-9-16-20-17-14(18(23)22(12)16)10-15(19(24)25)21(17)11-13-7-3-2-4-8-13/h2-10H,11H2,1H3,(H,24,25). The first-order valence-corrected chi connectivity index (χ1v) is 7.85. The average molecular weight is 333 g/mol. The number of carbonyl (C=O) groups is 1. The van der Waals surface area contributed by atoms with Crippen LogP contribution in [-0.4, -0.2) is 25.0 Å². The van der Waals surface area contributed by atoms with E-state index in [0.29, 0.717) is 23.2 Å². The third-order valence-corrected chi connectivity index (χ3v) is 4.29. The van der Waals surface area contributed by atoms with Crippen molar-refractivity contribution in [2.45, 2.75) is 13.5 Å². The van der Waals surface area contributed by atoms with E-state index >= 15 is 0 Å². The van der Waals surface area contributed by atoms with Crippen LogP contribution in [0.4, 0.5) is 0 Å². The van der Waals surface area contributed by atoms with Crippen molar-refractivity contribution in [3.8, 4) is 0 Å². The summed E-state index contributed by atoms with van der Waals surface area (Å²) >= 11 is 0. The molecule has 0 amide bonds. The highest BCUT2D eigenvalue weighted by Crippen LogP contribution is 2.19. The summed E-state index contributed by atoms with van der Waals surface area (Å²) < 4.78 is 3.08. The van der Waals surface area contributed by atoms with E-state index in [2.05, 4.69) is 4.98 Å². The predicted molar refractivity (Wildman–Crippen MR) is 94.2 cm³/mol. The number of aromatic nitrogens is 3. The minimum absolute atomic E-state index is 0.0528. The van der Waals surface area contributed by atoms with E-state index in [1.807, 2.05) is 49.4 Å². The van der Waals surface area contributed by atoms with Gasteiger partial charge in [0.05, 0.1) is 5.39 Å². The van der Waals surface area contributed by atoms with Crippen molar-refractivity contribution in [3.05, 3.63) is 81.9 Å². The lowest BCUT2D eigenvalue weighted by Gasteiger charge is -2.09. The van der Waals surface area contributed by atoms with Crippen LogP contribution in [0.25, 0.3) is 16.7 Å². The van der Waals surface area contributed by atoms with Gasteiger partial charge in [-0.1, -0.05) is 36.4 Å². The Balaban J connectivity index is 2.06. The van der Waals surface area contributed by atoms with Crippen molar-refractivity contribution in [1.82, 2.24) is 14.0 Å². The summed E-state index contributed by atoms with van der Waals surface area (Å²) in [5.41, 5.74) is 2.38. The number of hydrogen-bond donors (Lipinski definition) is 1. The molecule has 3 aromatic heterocycles. The molecule has 124 valence electrons. The van der Waals surface area contributed by atoms with Gasteiger partial charge >= 0.3 is 5.97 Å². The summed E-state index contributed by atoms with van der Waals surface area (Å²) in [5.74, 6) is -1.08. The fourth-order valence-electron chi connectivity index (χ4n) is 3.10. The minimum Gasteiger partial charge on any atom is -0.477 e. The third-order valence-electron chi connectivity index (χ3n) is 4.29. The second-order valence-corrected chi connectivity index (χ2v) is 5.92. The van der Waals surface area contributed by atoms with Crippen LogP contribution in [0.5, 0.6) is 0 Å². The van der Waals surface area contributed by atoms with Crippen molar-refractivity contribution in [3.63, 3.8) is 0 Å². The number of aromatic carboxylic acids is 1. The zero-order chi connectivity index (χ0) is 17.6. The molecule has 4 aromatic rings. The number of nitrogens with zero attached hydrogens (tertiary/aromatic N) is 3. The van der Waals surface area contributed by atoms with Gasteiger partial charge in [-0.15, -0.1) is 0 Å². The van der Waals surface area contributed by atoms with Gasteiger partial charge in [-0.05, 0) is 30.7 Å². The predicted octanol–water partition coefficient (Wildman–Crippen LogP) is 2.70. The summed E-state index contributed by atoms with van der Waals surface area (Å²) in [5, 5.41) is 9.88. The summed E-state index contributed by atoms with van der Waals surface area (Å²) in [7, 11) is 0. The number of benzene rings is 1. The van der Waals surface area contributed by atoms with Gasteiger partial charge in [0.1, 0.15) is 17.0 Å². The van der Waals surface area contributed by atoms with E-state index in [-0.39, 0.29) is 11.3 Å². The van der Waals surface area contributed by atoms with Crippen molar-refractivity contribution < 1.29 is 9.90 Å². The lowest BCUT2D eigenvalue weighted by Crippen LogP contribution is -2.17. The van der Waals surface area contributed by atoms with Gasteiger partial charge in [-0.2, -0.15) is 0 Å². The van der Waals surface area contributed by atoms with Gasteiger partial charge in [-0.25, -0.2) is 9.78 Å². The van der Waals surface area contributed by atoms with Gasteiger partial charge in [0.2, 0.25) is 0 Å². The summed E-state index contributed by atoms with van der Waals surface area (Å²) in [6.45, 7) is 2.15. The maximum absolute atomic E-state index is 12.9. The average Bonchev–Trinajstić information content (AvgIpc) is 2.95. The Kier molecular flexibility index (Phi) is 3.39. The maximum atomic E-state index is 12.9. The quantitative estimate of drug-likeness (QED) is 0.625. The van der Waals surface area contributed by atoms with Crippen molar-refractivity contribution in [1.29, 1.82) is 0 Å². The van der Waals surface area contributed by atoms with E-state index < -0.39 is 5.97 Å². The van der Waals surface area contributed by atoms with E-state index in [1.165, 1.54) is 10.5 Å². The van der Waals surface area contributed by atoms with Crippen LogP contribution in [0.1, 0.15) is 21.7 Å². The smallest absolute Gasteiger partial charge is 0.352 e. The van der Waals surface area contributed by atoms with Gasteiger partial charge < -0.3 is 9.67 Å². The molecule has 6 heteroatoms. The molecule has 0 bridgehead atoms. The van der Waals surface area contributed by atoms with Crippen LogP contribution in [-0.2, 0) is 6.54 Å². The van der Waals surface area contributed by atoms with Crippen LogP contribution in [0.2, 0.25) is 0 Å². The Morgan fingerprint density at radius 1 is 1.12 bits per heavy atom. The lowest BCUT2D eigenvalue weighted by molar-refractivity contribution is 0.0686. The Hall–Kier alpha value is -3.41. The molecule has 0 fully saturated rings.